The summed E-state index contributed by atoms with van der Waals surface area (Å²) >= 11 is 0. The Morgan fingerprint density at radius 1 is 1.05 bits per heavy atom. The topological polar surface area (TPSA) is 105 Å². The predicted molar refractivity (Wildman–Crippen MR) is 138 cm³/mol. The maximum atomic E-state index is 13.9. The second-order valence-electron chi connectivity index (χ2n) is 10.2. The molecule has 1 heterocycles. The molecule has 1 fully saturated rings. The molecule has 2 aromatic carbocycles. The van der Waals surface area contributed by atoms with Gasteiger partial charge in [0.1, 0.15) is 11.6 Å². The van der Waals surface area contributed by atoms with Gasteiger partial charge in [-0.05, 0) is 68.9 Å². The Kier molecular flexibility index (Phi) is 9.21. The number of benzene rings is 2. The highest BCUT2D eigenvalue weighted by molar-refractivity contribution is 6.04. The van der Waals surface area contributed by atoms with Gasteiger partial charge in [-0.15, -0.1) is 0 Å². The lowest BCUT2D eigenvalue weighted by molar-refractivity contribution is -0.787. The number of alkyl halides is 3. The first-order valence-corrected chi connectivity index (χ1v) is 12.9. The summed E-state index contributed by atoms with van der Waals surface area (Å²) in [4.78, 5) is 27.0. The number of anilines is 2. The molecule has 41 heavy (non-hydrogen) atoms. The minimum atomic E-state index is -4.82. The van der Waals surface area contributed by atoms with E-state index in [-0.39, 0.29) is 23.3 Å². The van der Waals surface area contributed by atoms with Crippen molar-refractivity contribution in [2.24, 2.45) is 5.92 Å². The van der Waals surface area contributed by atoms with Crippen molar-refractivity contribution >= 4 is 29.2 Å². The Balaban J connectivity index is 1.40. The molecule has 0 atom stereocenters. The summed E-state index contributed by atoms with van der Waals surface area (Å²) in [7, 11) is 4.06. The number of halogens is 5. The van der Waals surface area contributed by atoms with Gasteiger partial charge < -0.3 is 25.4 Å². The van der Waals surface area contributed by atoms with Crippen molar-refractivity contribution in [1.29, 1.82) is 0 Å². The van der Waals surface area contributed by atoms with Crippen LogP contribution in [-0.4, -0.2) is 42.7 Å². The fourth-order valence-corrected chi connectivity index (χ4v) is 4.83. The van der Waals surface area contributed by atoms with E-state index >= 15 is 0 Å². The largest absolute Gasteiger partial charge is 0.424 e. The number of carbonyl (C=O) groups excluding carboxylic acids is 2. The summed E-state index contributed by atoms with van der Waals surface area (Å²) in [6, 6.07) is 4.44. The van der Waals surface area contributed by atoms with Crippen molar-refractivity contribution in [1.82, 2.24) is 10.2 Å². The van der Waals surface area contributed by atoms with E-state index < -0.39 is 47.3 Å². The van der Waals surface area contributed by atoms with Crippen LogP contribution in [0.4, 0.5) is 44.0 Å². The first-order valence-electron chi connectivity index (χ1n) is 12.9. The van der Waals surface area contributed by atoms with Gasteiger partial charge in [0, 0.05) is 30.6 Å². The fraction of sp³-hybridized carbons (Fsp3) is 0.407. The summed E-state index contributed by atoms with van der Waals surface area (Å²) in [6.45, 7) is 1.00. The quantitative estimate of drug-likeness (QED) is 0.252. The van der Waals surface area contributed by atoms with Gasteiger partial charge in [-0.2, -0.15) is 13.2 Å². The monoisotopic (exact) mass is 580 g/mol. The maximum absolute atomic E-state index is 13.9. The minimum absolute atomic E-state index is 0.0802. The molecule has 0 aliphatic heterocycles. The normalized spacial score (nSPS) is 17.4. The Morgan fingerprint density at radius 3 is 2.29 bits per heavy atom. The second kappa shape index (κ2) is 12.6. The van der Waals surface area contributed by atoms with Crippen LogP contribution in [0.15, 0.2) is 47.1 Å². The Labute approximate surface area is 232 Å². The molecule has 220 valence electrons. The zero-order valence-electron chi connectivity index (χ0n) is 22.3. The van der Waals surface area contributed by atoms with Gasteiger partial charge in [-0.25, -0.2) is 8.78 Å². The molecule has 1 aliphatic rings. The van der Waals surface area contributed by atoms with Gasteiger partial charge >= 0.3 is 6.18 Å². The molecule has 1 aromatic heterocycles. The van der Waals surface area contributed by atoms with E-state index in [1.165, 1.54) is 6.20 Å². The molecule has 1 saturated carbocycles. The molecule has 0 radical (unpaired) electrons. The number of carbonyl (C=O) groups is 2. The van der Waals surface area contributed by atoms with Crippen LogP contribution in [0.1, 0.15) is 42.9 Å². The van der Waals surface area contributed by atoms with Crippen LogP contribution in [0, 0.1) is 17.6 Å². The molecule has 2 N–H and O–H groups in total. The van der Waals surface area contributed by atoms with E-state index in [1.807, 2.05) is 14.1 Å². The standard InChI is InChI=1S/C27H29F5N6O3/c1-37(2)14-16-6-8-20(9-7-16)38-15-25(41-36-38)35-26(40)34-19-11-17(27(30,31)32)10-18(12-19)33-24(39)13-21-22(28)4-3-5-23(21)29/h3-5,10-12,15-16,20H,6-9,13-14H2,1-2H3,(H2-,33,34,35,36,39,40). The Bertz CT molecular complexity index is 1370. The van der Waals surface area contributed by atoms with E-state index in [2.05, 4.69) is 26.1 Å². The SMILES string of the molecule is CN(C)CC1CCC([n+]2cc([N-]C(=O)Nc3cc(NC(=O)Cc4c(F)cccc4F)cc(C(F)(F)F)c3)on2)CC1. The molecule has 0 saturated heterocycles. The van der Waals surface area contributed by atoms with Crippen LogP contribution in [0.3, 0.4) is 0 Å². The average Bonchev–Trinajstić information content (AvgIpc) is 3.34. The van der Waals surface area contributed by atoms with Gasteiger partial charge in [-0.1, -0.05) is 10.7 Å². The first-order chi connectivity index (χ1) is 19.4. The number of urea groups is 1. The average molecular weight is 581 g/mol. The fourth-order valence-electron chi connectivity index (χ4n) is 4.83. The lowest BCUT2D eigenvalue weighted by Crippen LogP contribution is -2.43. The first kappa shape index (κ1) is 29.9. The molecule has 9 nitrogen and oxygen atoms in total. The van der Waals surface area contributed by atoms with Gasteiger partial charge in [0.15, 0.2) is 17.3 Å². The molecule has 0 bridgehead atoms. The van der Waals surface area contributed by atoms with E-state index in [1.54, 1.807) is 4.68 Å². The van der Waals surface area contributed by atoms with Gasteiger partial charge in [0.2, 0.25) is 18.0 Å². The van der Waals surface area contributed by atoms with Gasteiger partial charge in [0.25, 0.3) is 0 Å². The molecular weight excluding hydrogens is 551 g/mol. The van der Waals surface area contributed by atoms with Crippen molar-refractivity contribution in [2.75, 3.05) is 31.3 Å². The van der Waals surface area contributed by atoms with Crippen molar-refractivity contribution < 1.29 is 40.7 Å². The predicted octanol–water partition coefficient (Wildman–Crippen LogP) is 5.97. The number of amides is 3. The van der Waals surface area contributed by atoms with Crippen molar-refractivity contribution in [2.45, 2.75) is 44.3 Å². The number of hydrogen-bond acceptors (Lipinski definition) is 5. The van der Waals surface area contributed by atoms with E-state index in [9.17, 15) is 31.5 Å². The van der Waals surface area contributed by atoms with Crippen LogP contribution >= 0.6 is 0 Å². The smallest absolute Gasteiger partial charge is 0.416 e. The minimum Gasteiger partial charge on any atom is -0.424 e. The molecule has 14 heteroatoms. The number of nitrogens with zero attached hydrogens (tertiary/aromatic N) is 4. The van der Waals surface area contributed by atoms with Crippen molar-refractivity contribution in [3.8, 4) is 0 Å². The van der Waals surface area contributed by atoms with Crippen molar-refractivity contribution in [3.63, 3.8) is 0 Å². The molecule has 1 aliphatic carbocycles. The van der Waals surface area contributed by atoms with E-state index in [0.29, 0.717) is 18.1 Å². The van der Waals surface area contributed by atoms with Crippen LogP contribution in [0.25, 0.3) is 5.32 Å². The highest BCUT2D eigenvalue weighted by atomic mass is 19.4. The van der Waals surface area contributed by atoms with Crippen LogP contribution in [0.5, 0.6) is 0 Å². The summed E-state index contributed by atoms with van der Waals surface area (Å²) in [5.41, 5.74) is -2.38. The Morgan fingerprint density at radius 2 is 1.68 bits per heavy atom. The van der Waals surface area contributed by atoms with Gasteiger partial charge in [0.05, 0.1) is 12.0 Å². The third-order valence-corrected chi connectivity index (χ3v) is 6.69. The molecule has 3 amide bonds. The number of rotatable bonds is 8. The molecule has 4 rings (SSSR count). The molecule has 0 unspecified atom stereocenters. The van der Waals surface area contributed by atoms with Crippen LogP contribution < -0.4 is 15.3 Å². The Hall–Kier alpha value is -4.07. The summed E-state index contributed by atoms with van der Waals surface area (Å²) in [5.74, 6) is -2.44. The van der Waals surface area contributed by atoms with E-state index in [0.717, 1.165) is 56.5 Å². The third-order valence-electron chi connectivity index (χ3n) is 6.69. The summed E-state index contributed by atoms with van der Waals surface area (Å²) < 4.78 is 75.0. The molecule has 0 spiro atoms. The van der Waals surface area contributed by atoms with Crippen molar-refractivity contribution in [3.05, 3.63) is 70.7 Å². The highest BCUT2D eigenvalue weighted by Gasteiger charge is 2.32. The zero-order valence-corrected chi connectivity index (χ0v) is 22.3. The van der Waals surface area contributed by atoms with Crippen LogP contribution in [0.2, 0.25) is 0 Å². The second-order valence-corrected chi connectivity index (χ2v) is 10.2. The molecular formula is C27H29F5N6O3. The highest BCUT2D eigenvalue weighted by Crippen LogP contribution is 2.34. The summed E-state index contributed by atoms with van der Waals surface area (Å²) in [6.07, 6.45) is -0.340. The lowest BCUT2D eigenvalue weighted by Gasteiger charge is -2.26. The lowest BCUT2D eigenvalue weighted by atomic mass is 9.86. The number of aromatic nitrogens is 2. The zero-order chi connectivity index (χ0) is 29.7. The summed E-state index contributed by atoms with van der Waals surface area (Å²) in [5, 5.41) is 12.1. The van der Waals surface area contributed by atoms with Gasteiger partial charge in [-0.3, -0.25) is 9.59 Å². The van der Waals surface area contributed by atoms with Crippen LogP contribution in [-0.2, 0) is 17.4 Å². The number of nitrogens with one attached hydrogen (secondary N) is 2. The molecule has 3 aromatic rings. The number of hydrogen-bond donors (Lipinski definition) is 2. The van der Waals surface area contributed by atoms with E-state index in [4.69, 9.17) is 4.52 Å². The third kappa shape index (κ3) is 8.22. The maximum Gasteiger partial charge on any atom is 0.416 e.